The van der Waals surface area contributed by atoms with Crippen LogP contribution in [0.3, 0.4) is 0 Å². The third kappa shape index (κ3) is 3.88. The van der Waals surface area contributed by atoms with E-state index >= 15 is 0 Å². The summed E-state index contributed by atoms with van der Waals surface area (Å²) >= 11 is 17.9. The van der Waals surface area contributed by atoms with Gasteiger partial charge >= 0.3 is 0 Å². The van der Waals surface area contributed by atoms with E-state index < -0.39 is 0 Å². The maximum atomic E-state index is 12.2. The number of hydrogen-bond acceptors (Lipinski definition) is 2. The molecule has 1 aromatic heterocycles. The molecule has 2 aromatic rings. The molecule has 0 bridgehead atoms. The van der Waals surface area contributed by atoms with E-state index in [0.29, 0.717) is 20.6 Å². The Balaban J connectivity index is 2.16. The van der Waals surface area contributed by atoms with Crippen LogP contribution >= 0.6 is 34.8 Å². The van der Waals surface area contributed by atoms with Crippen molar-refractivity contribution in [2.45, 2.75) is 19.9 Å². The number of carbonyl (C=O) groups is 1. The van der Waals surface area contributed by atoms with Crippen LogP contribution in [-0.2, 0) is 0 Å². The molecule has 1 atom stereocenters. The van der Waals surface area contributed by atoms with Crippen molar-refractivity contribution in [1.29, 1.82) is 0 Å². The molecule has 1 unspecified atom stereocenters. The molecule has 1 N–H and O–H groups in total. The van der Waals surface area contributed by atoms with Crippen LogP contribution in [0.5, 0.6) is 0 Å². The smallest absolute Gasteiger partial charge is 0.254 e. The van der Waals surface area contributed by atoms with Crippen molar-refractivity contribution >= 4 is 40.7 Å². The lowest BCUT2D eigenvalue weighted by molar-refractivity contribution is 0.0939. The van der Waals surface area contributed by atoms with E-state index in [1.54, 1.807) is 18.2 Å². The Kier molecular flexibility index (Phi) is 5.09. The highest BCUT2D eigenvalue weighted by molar-refractivity contribution is 6.42. The number of halogens is 3. The summed E-state index contributed by atoms with van der Waals surface area (Å²) in [7, 11) is 0. The first-order valence-corrected chi connectivity index (χ1v) is 7.40. The second-order valence-corrected chi connectivity index (χ2v) is 5.90. The van der Waals surface area contributed by atoms with E-state index in [9.17, 15) is 4.79 Å². The molecule has 0 saturated heterocycles. The van der Waals surface area contributed by atoms with Gasteiger partial charge in [-0.25, -0.2) is 0 Å². The molecular formula is C15H13Cl3N2O. The van der Waals surface area contributed by atoms with Crippen LogP contribution in [0.25, 0.3) is 0 Å². The predicted molar refractivity (Wildman–Crippen MR) is 86.3 cm³/mol. The molecule has 21 heavy (non-hydrogen) atoms. The van der Waals surface area contributed by atoms with E-state index in [4.69, 9.17) is 34.8 Å². The molecule has 0 aliphatic rings. The molecule has 0 aliphatic carbocycles. The predicted octanol–water partition coefficient (Wildman–Crippen LogP) is 4.84. The quantitative estimate of drug-likeness (QED) is 0.866. The first kappa shape index (κ1) is 16.1. The average molecular weight is 344 g/mol. The number of aromatic nitrogens is 1. The van der Waals surface area contributed by atoms with Crippen molar-refractivity contribution in [3.63, 3.8) is 0 Å². The van der Waals surface area contributed by atoms with Gasteiger partial charge in [-0.3, -0.25) is 9.78 Å². The van der Waals surface area contributed by atoms with E-state index in [-0.39, 0.29) is 11.9 Å². The Morgan fingerprint density at radius 1 is 1.14 bits per heavy atom. The zero-order chi connectivity index (χ0) is 15.6. The molecule has 0 aliphatic heterocycles. The highest BCUT2D eigenvalue weighted by Crippen LogP contribution is 2.26. The molecule has 0 spiro atoms. The molecule has 6 heteroatoms. The lowest BCUT2D eigenvalue weighted by atomic mass is 10.1. The van der Waals surface area contributed by atoms with E-state index in [0.717, 1.165) is 11.3 Å². The average Bonchev–Trinajstić information content (AvgIpc) is 2.41. The zero-order valence-electron chi connectivity index (χ0n) is 11.5. The Morgan fingerprint density at radius 2 is 1.86 bits per heavy atom. The number of amides is 1. The van der Waals surface area contributed by atoms with Crippen molar-refractivity contribution in [3.05, 3.63) is 62.4 Å². The topological polar surface area (TPSA) is 42.0 Å². The molecule has 3 nitrogen and oxygen atoms in total. The fourth-order valence-electron chi connectivity index (χ4n) is 1.83. The van der Waals surface area contributed by atoms with Gasteiger partial charge in [-0.2, -0.15) is 0 Å². The number of benzene rings is 1. The minimum absolute atomic E-state index is 0.232. The number of nitrogens with one attached hydrogen (secondary N) is 1. The van der Waals surface area contributed by atoms with Gasteiger partial charge in [-0.05, 0) is 37.6 Å². The summed E-state index contributed by atoms with van der Waals surface area (Å²) in [5, 5.41) is 4.16. The largest absolute Gasteiger partial charge is 0.345 e. The lowest BCUT2D eigenvalue weighted by Gasteiger charge is -2.15. The highest BCUT2D eigenvalue weighted by atomic mass is 35.5. The van der Waals surface area contributed by atoms with Gasteiger partial charge in [0.2, 0.25) is 0 Å². The fraction of sp³-hybridized carbons (Fsp3) is 0.200. The number of pyridine rings is 1. The standard InChI is InChI=1S/C15H13Cl3N2O/c1-8-5-13(17)11(7-19-8)15(21)20-9(2)10-3-4-12(16)14(18)6-10/h3-7,9H,1-2H3,(H,20,21). The number of aryl methyl sites for hydroxylation is 1. The monoisotopic (exact) mass is 342 g/mol. The molecule has 0 fully saturated rings. The third-order valence-corrected chi connectivity index (χ3v) is 4.08. The van der Waals surface area contributed by atoms with Crippen molar-refractivity contribution in [1.82, 2.24) is 10.3 Å². The molecule has 1 heterocycles. The van der Waals surface area contributed by atoms with Gasteiger partial charge in [0.15, 0.2) is 0 Å². The molecule has 2 rings (SSSR count). The van der Waals surface area contributed by atoms with Gasteiger partial charge in [0.1, 0.15) is 0 Å². The number of hydrogen-bond donors (Lipinski definition) is 1. The first-order chi connectivity index (χ1) is 9.88. The van der Waals surface area contributed by atoms with Crippen LogP contribution in [0.1, 0.15) is 34.6 Å². The second-order valence-electron chi connectivity index (χ2n) is 4.67. The Morgan fingerprint density at radius 3 is 2.48 bits per heavy atom. The van der Waals surface area contributed by atoms with Crippen molar-refractivity contribution in [2.24, 2.45) is 0 Å². The highest BCUT2D eigenvalue weighted by Gasteiger charge is 2.15. The van der Waals surface area contributed by atoms with Crippen molar-refractivity contribution in [3.8, 4) is 0 Å². The van der Waals surface area contributed by atoms with Gasteiger partial charge in [-0.1, -0.05) is 40.9 Å². The number of nitrogens with zero attached hydrogens (tertiary/aromatic N) is 1. The van der Waals surface area contributed by atoms with Crippen molar-refractivity contribution < 1.29 is 4.79 Å². The molecular weight excluding hydrogens is 331 g/mol. The van der Waals surface area contributed by atoms with Crippen LogP contribution in [0, 0.1) is 6.92 Å². The van der Waals surface area contributed by atoms with Crippen LogP contribution in [-0.4, -0.2) is 10.9 Å². The van der Waals surface area contributed by atoms with Gasteiger partial charge in [0, 0.05) is 11.9 Å². The second kappa shape index (κ2) is 6.65. The Hall–Kier alpha value is -1.29. The van der Waals surface area contributed by atoms with Crippen LogP contribution in [0.2, 0.25) is 15.1 Å². The van der Waals surface area contributed by atoms with Gasteiger partial charge < -0.3 is 5.32 Å². The maximum absolute atomic E-state index is 12.2. The normalized spacial score (nSPS) is 12.0. The molecule has 110 valence electrons. The van der Waals surface area contributed by atoms with Crippen LogP contribution < -0.4 is 5.32 Å². The zero-order valence-corrected chi connectivity index (χ0v) is 13.7. The fourth-order valence-corrected chi connectivity index (χ4v) is 2.43. The summed E-state index contributed by atoms with van der Waals surface area (Å²) in [6.45, 7) is 3.67. The van der Waals surface area contributed by atoms with E-state index in [2.05, 4.69) is 10.3 Å². The lowest BCUT2D eigenvalue weighted by Crippen LogP contribution is -2.27. The van der Waals surface area contributed by atoms with E-state index in [1.807, 2.05) is 19.9 Å². The molecule has 1 amide bonds. The summed E-state index contributed by atoms with van der Waals surface area (Å²) in [4.78, 5) is 16.3. The van der Waals surface area contributed by atoms with Gasteiger partial charge in [-0.15, -0.1) is 0 Å². The summed E-state index contributed by atoms with van der Waals surface area (Å²) in [6.07, 6.45) is 1.47. The van der Waals surface area contributed by atoms with E-state index in [1.165, 1.54) is 6.20 Å². The first-order valence-electron chi connectivity index (χ1n) is 6.26. The number of rotatable bonds is 3. The Labute approximate surface area is 138 Å². The molecule has 1 aromatic carbocycles. The van der Waals surface area contributed by atoms with Gasteiger partial charge in [0.05, 0.1) is 26.7 Å². The minimum atomic E-state index is -0.286. The Bertz CT molecular complexity index is 689. The summed E-state index contributed by atoms with van der Waals surface area (Å²) in [5.74, 6) is -0.286. The van der Waals surface area contributed by atoms with Gasteiger partial charge in [0.25, 0.3) is 5.91 Å². The summed E-state index contributed by atoms with van der Waals surface area (Å²) < 4.78 is 0. The van der Waals surface area contributed by atoms with Crippen molar-refractivity contribution in [2.75, 3.05) is 0 Å². The third-order valence-electron chi connectivity index (χ3n) is 3.03. The van der Waals surface area contributed by atoms with Crippen LogP contribution in [0.4, 0.5) is 0 Å². The molecule has 0 saturated carbocycles. The summed E-state index contributed by atoms with van der Waals surface area (Å²) in [5.41, 5.74) is 1.96. The summed E-state index contributed by atoms with van der Waals surface area (Å²) in [6, 6.07) is 6.66. The maximum Gasteiger partial charge on any atom is 0.254 e. The number of carbonyl (C=O) groups excluding carboxylic acids is 1. The SMILES string of the molecule is Cc1cc(Cl)c(C(=O)NC(C)c2ccc(Cl)c(Cl)c2)cn1. The molecule has 0 radical (unpaired) electrons. The van der Waals surface area contributed by atoms with Crippen LogP contribution in [0.15, 0.2) is 30.5 Å². The minimum Gasteiger partial charge on any atom is -0.345 e.